The van der Waals surface area contributed by atoms with Crippen molar-refractivity contribution in [1.29, 1.82) is 0 Å². The minimum absolute atomic E-state index is 0.555. The molecule has 0 bridgehead atoms. The summed E-state index contributed by atoms with van der Waals surface area (Å²) in [6.07, 6.45) is 4.13. The first-order chi connectivity index (χ1) is 9.20. The van der Waals surface area contributed by atoms with Gasteiger partial charge in [0.2, 0.25) is 0 Å². The van der Waals surface area contributed by atoms with Crippen molar-refractivity contribution in [2.45, 2.75) is 39.2 Å². The predicted octanol–water partition coefficient (Wildman–Crippen LogP) is 4.72. The van der Waals surface area contributed by atoms with Crippen LogP contribution in [0.4, 0.5) is 5.69 Å². The second-order valence-corrected chi connectivity index (χ2v) is 6.62. The van der Waals surface area contributed by atoms with E-state index in [1.165, 1.54) is 30.5 Å². The zero-order valence-corrected chi connectivity index (χ0v) is 12.3. The van der Waals surface area contributed by atoms with Gasteiger partial charge in [-0.15, -0.1) is 11.3 Å². The highest BCUT2D eigenvalue weighted by atomic mass is 32.1. The fourth-order valence-corrected chi connectivity index (χ4v) is 3.08. The first-order valence-corrected chi connectivity index (χ1v) is 7.88. The number of anilines is 1. The minimum atomic E-state index is 0.555. The average molecular weight is 272 g/mol. The van der Waals surface area contributed by atoms with Crippen LogP contribution in [-0.2, 0) is 0 Å². The van der Waals surface area contributed by atoms with Crippen LogP contribution in [0.5, 0.6) is 0 Å². The van der Waals surface area contributed by atoms with E-state index in [2.05, 4.69) is 46.9 Å². The number of hydrogen-bond acceptors (Lipinski definition) is 3. The molecule has 1 aliphatic rings. The molecule has 0 radical (unpaired) electrons. The van der Waals surface area contributed by atoms with E-state index in [1.54, 1.807) is 11.3 Å². The van der Waals surface area contributed by atoms with Crippen LogP contribution in [0.3, 0.4) is 0 Å². The first kappa shape index (κ1) is 12.7. The fraction of sp³-hybridized carbons (Fsp3) is 0.438. The van der Waals surface area contributed by atoms with Crippen LogP contribution in [0.25, 0.3) is 11.3 Å². The van der Waals surface area contributed by atoms with Crippen LogP contribution >= 0.6 is 11.3 Å². The molecule has 19 heavy (non-hydrogen) atoms. The Balaban J connectivity index is 1.71. The number of rotatable bonds is 5. The highest BCUT2D eigenvalue weighted by Crippen LogP contribution is 2.34. The van der Waals surface area contributed by atoms with Crippen LogP contribution in [0.2, 0.25) is 0 Å². The van der Waals surface area contributed by atoms with E-state index in [1.807, 2.05) is 6.92 Å². The van der Waals surface area contributed by atoms with Gasteiger partial charge in [0.05, 0.1) is 10.7 Å². The molecular formula is C16H20N2S. The van der Waals surface area contributed by atoms with Gasteiger partial charge in [0, 0.05) is 22.7 Å². The van der Waals surface area contributed by atoms with Crippen LogP contribution in [-0.4, -0.2) is 11.0 Å². The molecule has 2 aromatic rings. The molecule has 1 atom stereocenters. The van der Waals surface area contributed by atoms with Crippen molar-refractivity contribution in [3.63, 3.8) is 0 Å². The molecule has 1 aromatic carbocycles. The van der Waals surface area contributed by atoms with E-state index in [0.29, 0.717) is 6.04 Å². The van der Waals surface area contributed by atoms with Crippen molar-refractivity contribution < 1.29 is 0 Å². The van der Waals surface area contributed by atoms with Crippen LogP contribution in [0, 0.1) is 12.8 Å². The molecule has 1 aromatic heterocycles. The van der Waals surface area contributed by atoms with Crippen molar-refractivity contribution in [1.82, 2.24) is 4.98 Å². The van der Waals surface area contributed by atoms with E-state index in [0.717, 1.165) is 16.6 Å². The molecule has 1 N–H and O–H groups in total. The summed E-state index contributed by atoms with van der Waals surface area (Å²) in [6.45, 7) is 4.33. The Kier molecular flexibility index (Phi) is 3.56. The molecule has 1 fully saturated rings. The lowest BCUT2D eigenvalue weighted by Crippen LogP contribution is -2.15. The number of nitrogens with zero attached hydrogens (tertiary/aromatic N) is 1. The van der Waals surface area contributed by atoms with Gasteiger partial charge < -0.3 is 5.32 Å². The maximum atomic E-state index is 4.55. The van der Waals surface area contributed by atoms with E-state index in [4.69, 9.17) is 0 Å². The Morgan fingerprint density at radius 1 is 1.42 bits per heavy atom. The summed E-state index contributed by atoms with van der Waals surface area (Å²) in [7, 11) is 0. The third kappa shape index (κ3) is 3.35. The van der Waals surface area contributed by atoms with Gasteiger partial charge in [-0.3, -0.25) is 0 Å². The maximum Gasteiger partial charge on any atom is 0.0901 e. The smallest absolute Gasteiger partial charge is 0.0901 e. The Labute approximate surface area is 118 Å². The average Bonchev–Trinajstić information content (AvgIpc) is 3.08. The van der Waals surface area contributed by atoms with E-state index in [9.17, 15) is 0 Å². The molecule has 1 saturated carbocycles. The number of aryl methyl sites for hydroxylation is 1. The third-order valence-corrected chi connectivity index (χ3v) is 4.35. The van der Waals surface area contributed by atoms with Crippen molar-refractivity contribution in [3.8, 4) is 11.3 Å². The maximum absolute atomic E-state index is 4.55. The topological polar surface area (TPSA) is 24.9 Å². The molecule has 1 aliphatic carbocycles. The molecular weight excluding hydrogens is 252 g/mol. The fourth-order valence-electron chi connectivity index (χ4n) is 2.46. The van der Waals surface area contributed by atoms with Gasteiger partial charge in [-0.1, -0.05) is 25.0 Å². The summed E-state index contributed by atoms with van der Waals surface area (Å²) in [5.41, 5.74) is 3.49. The quantitative estimate of drug-likeness (QED) is 0.852. The molecule has 1 heterocycles. The van der Waals surface area contributed by atoms with Crippen LogP contribution in [0.15, 0.2) is 29.6 Å². The number of aromatic nitrogens is 1. The summed E-state index contributed by atoms with van der Waals surface area (Å²) in [6, 6.07) is 9.14. The molecule has 0 spiro atoms. The van der Waals surface area contributed by atoms with Gasteiger partial charge in [0.25, 0.3) is 0 Å². The summed E-state index contributed by atoms with van der Waals surface area (Å²) in [4.78, 5) is 4.55. The summed E-state index contributed by atoms with van der Waals surface area (Å²) < 4.78 is 0. The van der Waals surface area contributed by atoms with Gasteiger partial charge in [0.1, 0.15) is 0 Å². The highest BCUT2D eigenvalue weighted by molar-refractivity contribution is 7.09. The van der Waals surface area contributed by atoms with Gasteiger partial charge >= 0.3 is 0 Å². The molecule has 3 rings (SSSR count). The number of benzene rings is 1. The second kappa shape index (κ2) is 5.33. The standard InChI is InChI=1S/C16H20N2S/c1-11(8-13-6-7-13)17-15-5-3-4-14(9-15)16-10-19-12(2)18-16/h3-5,9-11,13,17H,6-8H2,1-2H3. The normalized spacial score (nSPS) is 16.3. The van der Waals surface area contributed by atoms with Gasteiger partial charge in [-0.25, -0.2) is 4.98 Å². The van der Waals surface area contributed by atoms with Gasteiger partial charge in [0.15, 0.2) is 0 Å². The van der Waals surface area contributed by atoms with Crippen LogP contribution in [0.1, 0.15) is 31.2 Å². The van der Waals surface area contributed by atoms with E-state index in [-0.39, 0.29) is 0 Å². The largest absolute Gasteiger partial charge is 0.383 e. The predicted molar refractivity (Wildman–Crippen MR) is 82.7 cm³/mol. The SMILES string of the molecule is Cc1nc(-c2cccc(NC(C)CC3CC3)c2)cs1. The molecule has 0 aliphatic heterocycles. The summed E-state index contributed by atoms with van der Waals surface area (Å²) >= 11 is 1.70. The molecule has 0 amide bonds. The highest BCUT2D eigenvalue weighted by Gasteiger charge is 2.23. The van der Waals surface area contributed by atoms with Crippen molar-refractivity contribution >= 4 is 17.0 Å². The molecule has 100 valence electrons. The van der Waals surface area contributed by atoms with Gasteiger partial charge in [-0.05, 0) is 38.3 Å². The zero-order valence-electron chi connectivity index (χ0n) is 11.5. The Morgan fingerprint density at radius 2 is 2.26 bits per heavy atom. The summed E-state index contributed by atoms with van der Waals surface area (Å²) in [5, 5.41) is 6.85. The molecule has 2 nitrogen and oxygen atoms in total. The van der Waals surface area contributed by atoms with E-state index < -0.39 is 0 Å². The van der Waals surface area contributed by atoms with Gasteiger partial charge in [-0.2, -0.15) is 0 Å². The van der Waals surface area contributed by atoms with Crippen molar-refractivity contribution in [3.05, 3.63) is 34.7 Å². The zero-order chi connectivity index (χ0) is 13.2. The van der Waals surface area contributed by atoms with Crippen molar-refractivity contribution in [2.75, 3.05) is 5.32 Å². The number of hydrogen-bond donors (Lipinski definition) is 1. The van der Waals surface area contributed by atoms with Crippen LogP contribution < -0.4 is 5.32 Å². The second-order valence-electron chi connectivity index (χ2n) is 5.56. The number of nitrogens with one attached hydrogen (secondary N) is 1. The lowest BCUT2D eigenvalue weighted by atomic mass is 10.1. The molecule has 3 heteroatoms. The first-order valence-electron chi connectivity index (χ1n) is 7.00. The number of thiazole rings is 1. The van der Waals surface area contributed by atoms with Crippen molar-refractivity contribution in [2.24, 2.45) is 5.92 Å². The summed E-state index contributed by atoms with van der Waals surface area (Å²) in [5.74, 6) is 0.965. The molecule has 1 unspecified atom stereocenters. The Morgan fingerprint density at radius 3 is 2.95 bits per heavy atom. The Hall–Kier alpha value is -1.35. The minimum Gasteiger partial charge on any atom is -0.383 e. The monoisotopic (exact) mass is 272 g/mol. The Bertz CT molecular complexity index is 557. The molecule has 0 saturated heterocycles. The third-order valence-electron chi connectivity index (χ3n) is 3.57. The lowest BCUT2D eigenvalue weighted by Gasteiger charge is -2.15. The lowest BCUT2D eigenvalue weighted by molar-refractivity contribution is 0.642. The van der Waals surface area contributed by atoms with E-state index >= 15 is 0 Å².